The van der Waals surface area contributed by atoms with E-state index in [4.69, 9.17) is 10.4 Å². The first-order valence-corrected chi connectivity index (χ1v) is 6.46. The Morgan fingerprint density at radius 3 is 2.89 bits per heavy atom. The number of rotatable bonds is 3. The monoisotopic (exact) mass is 260 g/mol. The molecule has 0 atom stereocenters. The van der Waals surface area contributed by atoms with Crippen molar-refractivity contribution in [1.82, 2.24) is 10.3 Å². The first-order valence-electron chi connectivity index (χ1n) is 5.52. The number of nitrogens with zero attached hydrogens (tertiary/aromatic N) is 2. The van der Waals surface area contributed by atoms with Crippen LogP contribution in [0.15, 0.2) is 27.5 Å². The number of nitrogens with one attached hydrogen (secondary N) is 1. The van der Waals surface area contributed by atoms with E-state index in [-0.39, 0.29) is 0 Å². The molecule has 0 unspecified atom stereocenters. The van der Waals surface area contributed by atoms with Crippen LogP contribution in [0.4, 0.5) is 11.4 Å². The highest BCUT2D eigenvalue weighted by Crippen LogP contribution is 2.26. The van der Waals surface area contributed by atoms with Gasteiger partial charge in [-0.15, -0.1) is 0 Å². The number of nitrogen functional groups attached to an aromatic ring is 1. The fourth-order valence-electron chi connectivity index (χ4n) is 1.79. The van der Waals surface area contributed by atoms with Crippen LogP contribution in [0.1, 0.15) is 11.1 Å². The summed E-state index contributed by atoms with van der Waals surface area (Å²) in [5, 5.41) is 15.3. The molecular formula is C12H12N4OS. The van der Waals surface area contributed by atoms with E-state index in [9.17, 15) is 0 Å². The smallest absolute Gasteiger partial charge is 0.160 e. The molecule has 18 heavy (non-hydrogen) atoms. The van der Waals surface area contributed by atoms with Gasteiger partial charge in [-0.25, -0.2) is 4.63 Å². The average Bonchev–Trinajstić information content (AvgIpc) is 2.98. The summed E-state index contributed by atoms with van der Waals surface area (Å²) in [5.41, 5.74) is 11.1. The Hall–Kier alpha value is -2.08. The molecule has 0 spiro atoms. The van der Waals surface area contributed by atoms with Crippen molar-refractivity contribution in [2.75, 3.05) is 11.1 Å². The second-order valence-electron chi connectivity index (χ2n) is 4.10. The molecule has 0 radical (unpaired) electrons. The lowest BCUT2D eigenvalue weighted by Gasteiger charge is -2.06. The minimum atomic E-state index is 0.573. The van der Waals surface area contributed by atoms with E-state index < -0.39 is 0 Å². The van der Waals surface area contributed by atoms with E-state index in [2.05, 4.69) is 33.3 Å². The highest BCUT2D eigenvalue weighted by molar-refractivity contribution is 7.08. The molecule has 0 saturated heterocycles. The van der Waals surface area contributed by atoms with Gasteiger partial charge >= 0.3 is 0 Å². The van der Waals surface area contributed by atoms with Gasteiger partial charge in [0, 0.05) is 6.54 Å². The van der Waals surface area contributed by atoms with E-state index in [1.54, 1.807) is 17.4 Å². The molecular weight excluding hydrogens is 248 g/mol. The first kappa shape index (κ1) is 11.0. The van der Waals surface area contributed by atoms with E-state index in [0.29, 0.717) is 16.7 Å². The van der Waals surface area contributed by atoms with Gasteiger partial charge in [-0.3, -0.25) is 0 Å². The van der Waals surface area contributed by atoms with Crippen molar-refractivity contribution in [3.8, 4) is 0 Å². The Morgan fingerprint density at radius 2 is 2.11 bits per heavy atom. The van der Waals surface area contributed by atoms with Crippen LogP contribution in [0.2, 0.25) is 0 Å². The minimum absolute atomic E-state index is 0.573. The van der Waals surface area contributed by atoms with Crippen molar-refractivity contribution < 1.29 is 4.63 Å². The van der Waals surface area contributed by atoms with Crippen LogP contribution in [-0.4, -0.2) is 10.3 Å². The van der Waals surface area contributed by atoms with Gasteiger partial charge in [-0.05, 0) is 51.3 Å². The first-order chi connectivity index (χ1) is 8.75. The summed E-state index contributed by atoms with van der Waals surface area (Å²) < 4.78 is 4.73. The van der Waals surface area contributed by atoms with Crippen LogP contribution in [0.5, 0.6) is 0 Å². The number of fused-ring (bicyclic) bond motifs is 1. The van der Waals surface area contributed by atoms with Crippen molar-refractivity contribution in [3.05, 3.63) is 34.0 Å². The minimum Gasteiger partial charge on any atom is -0.397 e. The zero-order valence-corrected chi connectivity index (χ0v) is 10.6. The maximum atomic E-state index is 5.80. The van der Waals surface area contributed by atoms with E-state index >= 15 is 0 Å². The molecule has 0 bridgehead atoms. The van der Waals surface area contributed by atoms with Crippen molar-refractivity contribution in [3.63, 3.8) is 0 Å². The summed E-state index contributed by atoms with van der Waals surface area (Å²) in [6.07, 6.45) is 0. The standard InChI is InChI=1S/C12H12N4OS/c1-7-5-18-6-8(7)4-14-10-3-2-9(13)11-12(10)16-17-15-11/h2-3,5-6,14H,4,13H2,1H3. The summed E-state index contributed by atoms with van der Waals surface area (Å²) in [7, 11) is 0. The van der Waals surface area contributed by atoms with Crippen LogP contribution in [0.3, 0.4) is 0 Å². The number of thiophene rings is 1. The molecule has 0 fully saturated rings. The summed E-state index contributed by atoms with van der Waals surface area (Å²) in [4.78, 5) is 0. The highest BCUT2D eigenvalue weighted by atomic mass is 32.1. The molecule has 1 aromatic carbocycles. The fourth-order valence-corrected chi connectivity index (χ4v) is 2.64. The molecule has 0 saturated carbocycles. The third kappa shape index (κ3) is 1.80. The van der Waals surface area contributed by atoms with Gasteiger partial charge in [0.05, 0.1) is 11.4 Å². The zero-order chi connectivity index (χ0) is 12.5. The van der Waals surface area contributed by atoms with Crippen molar-refractivity contribution in [2.45, 2.75) is 13.5 Å². The average molecular weight is 260 g/mol. The van der Waals surface area contributed by atoms with Crippen molar-refractivity contribution >= 4 is 33.7 Å². The lowest BCUT2D eigenvalue weighted by Crippen LogP contribution is -2.00. The third-order valence-electron chi connectivity index (χ3n) is 2.88. The molecule has 0 aliphatic rings. The van der Waals surface area contributed by atoms with Gasteiger partial charge in [0.1, 0.15) is 0 Å². The van der Waals surface area contributed by atoms with Gasteiger partial charge in [-0.2, -0.15) is 11.3 Å². The van der Waals surface area contributed by atoms with Crippen molar-refractivity contribution in [1.29, 1.82) is 0 Å². The second kappa shape index (κ2) is 4.30. The maximum Gasteiger partial charge on any atom is 0.160 e. The molecule has 0 aliphatic heterocycles. The molecule has 3 aromatic rings. The number of hydrogen-bond donors (Lipinski definition) is 2. The Bertz CT molecular complexity index is 688. The number of benzene rings is 1. The predicted octanol–water partition coefficient (Wildman–Crippen LogP) is 2.79. The predicted molar refractivity (Wildman–Crippen MR) is 72.6 cm³/mol. The number of anilines is 2. The van der Waals surface area contributed by atoms with Gasteiger partial charge in [0.15, 0.2) is 11.0 Å². The van der Waals surface area contributed by atoms with Crippen LogP contribution < -0.4 is 11.1 Å². The quantitative estimate of drug-likeness (QED) is 0.708. The molecule has 92 valence electrons. The Labute approximate surface area is 108 Å². The van der Waals surface area contributed by atoms with E-state index in [0.717, 1.165) is 12.2 Å². The molecule has 0 aliphatic carbocycles. The van der Waals surface area contributed by atoms with Crippen LogP contribution in [0.25, 0.3) is 11.0 Å². The second-order valence-corrected chi connectivity index (χ2v) is 4.84. The molecule has 5 nitrogen and oxygen atoms in total. The number of nitrogens with two attached hydrogens (primary N) is 1. The van der Waals surface area contributed by atoms with Crippen molar-refractivity contribution in [2.24, 2.45) is 0 Å². The summed E-state index contributed by atoms with van der Waals surface area (Å²) in [6.45, 7) is 2.85. The Balaban J connectivity index is 1.89. The van der Waals surface area contributed by atoms with Crippen LogP contribution in [0, 0.1) is 6.92 Å². The van der Waals surface area contributed by atoms with Gasteiger partial charge in [0.25, 0.3) is 0 Å². The van der Waals surface area contributed by atoms with E-state index in [1.807, 2.05) is 6.07 Å². The molecule has 2 heterocycles. The summed E-state index contributed by atoms with van der Waals surface area (Å²) in [6, 6.07) is 3.69. The van der Waals surface area contributed by atoms with E-state index in [1.165, 1.54) is 11.1 Å². The molecule has 6 heteroatoms. The Kier molecular flexibility index (Phi) is 2.64. The molecule has 3 N–H and O–H groups in total. The largest absolute Gasteiger partial charge is 0.397 e. The number of hydrogen-bond acceptors (Lipinski definition) is 6. The molecule has 0 amide bonds. The van der Waals surface area contributed by atoms with Crippen LogP contribution in [-0.2, 0) is 6.54 Å². The normalized spacial score (nSPS) is 10.9. The topological polar surface area (TPSA) is 77.0 Å². The summed E-state index contributed by atoms with van der Waals surface area (Å²) >= 11 is 1.70. The summed E-state index contributed by atoms with van der Waals surface area (Å²) in [5.74, 6) is 0. The number of aryl methyl sites for hydroxylation is 1. The molecule has 3 rings (SSSR count). The fraction of sp³-hybridized carbons (Fsp3) is 0.167. The lowest BCUT2D eigenvalue weighted by atomic mass is 10.2. The van der Waals surface area contributed by atoms with Gasteiger partial charge < -0.3 is 11.1 Å². The third-order valence-corrected chi connectivity index (χ3v) is 3.79. The maximum absolute atomic E-state index is 5.80. The number of aromatic nitrogens is 2. The Morgan fingerprint density at radius 1 is 1.28 bits per heavy atom. The highest BCUT2D eigenvalue weighted by Gasteiger charge is 2.10. The zero-order valence-electron chi connectivity index (χ0n) is 9.80. The molecule has 2 aromatic heterocycles. The van der Waals surface area contributed by atoms with Gasteiger partial charge in [-0.1, -0.05) is 0 Å². The lowest BCUT2D eigenvalue weighted by molar-refractivity contribution is 0.316. The van der Waals surface area contributed by atoms with Gasteiger partial charge in [0.2, 0.25) is 0 Å². The SMILES string of the molecule is Cc1cscc1CNc1ccc(N)c2nonc12. The van der Waals surface area contributed by atoms with Crippen LogP contribution >= 0.6 is 11.3 Å².